The van der Waals surface area contributed by atoms with Crippen molar-refractivity contribution >= 4 is 33.7 Å². The zero-order valence-corrected chi connectivity index (χ0v) is 13.7. The molecule has 108 valence electrons. The SMILES string of the molecule is Cc1csc(-c2c(N)nsc2N2CCCC(C)C2C)n1. The number of nitrogens with zero attached hydrogens (tertiary/aromatic N) is 3. The normalized spacial score (nSPS) is 23.2. The fourth-order valence-electron chi connectivity index (χ4n) is 2.78. The molecule has 4 nitrogen and oxygen atoms in total. The minimum atomic E-state index is 0.531. The summed E-state index contributed by atoms with van der Waals surface area (Å²) in [5, 5.41) is 4.25. The first-order valence-corrected chi connectivity index (χ1v) is 8.67. The number of hydrogen-bond acceptors (Lipinski definition) is 6. The molecule has 2 aromatic rings. The highest BCUT2D eigenvalue weighted by molar-refractivity contribution is 7.15. The van der Waals surface area contributed by atoms with Crippen LogP contribution in [-0.4, -0.2) is 21.9 Å². The van der Waals surface area contributed by atoms with E-state index in [1.807, 2.05) is 6.92 Å². The number of thiazole rings is 1. The molecule has 1 fully saturated rings. The van der Waals surface area contributed by atoms with E-state index < -0.39 is 0 Å². The number of nitrogens with two attached hydrogens (primary N) is 1. The van der Waals surface area contributed by atoms with Gasteiger partial charge in [-0.25, -0.2) is 4.98 Å². The van der Waals surface area contributed by atoms with E-state index in [9.17, 15) is 0 Å². The van der Waals surface area contributed by atoms with E-state index in [0.29, 0.717) is 17.8 Å². The van der Waals surface area contributed by atoms with Gasteiger partial charge in [-0.05, 0) is 44.1 Å². The van der Waals surface area contributed by atoms with Gasteiger partial charge in [0.15, 0.2) is 0 Å². The second-order valence-corrected chi connectivity index (χ2v) is 7.21. The molecule has 1 aliphatic heterocycles. The highest BCUT2D eigenvalue weighted by Crippen LogP contribution is 2.43. The van der Waals surface area contributed by atoms with Gasteiger partial charge in [0, 0.05) is 23.7 Å². The lowest BCUT2D eigenvalue weighted by molar-refractivity contribution is 0.365. The smallest absolute Gasteiger partial charge is 0.149 e. The van der Waals surface area contributed by atoms with Crippen molar-refractivity contribution in [1.82, 2.24) is 9.36 Å². The van der Waals surface area contributed by atoms with Crippen LogP contribution in [0.1, 0.15) is 32.4 Å². The Labute approximate surface area is 127 Å². The second kappa shape index (κ2) is 5.33. The fraction of sp³-hybridized carbons (Fsp3) is 0.571. The maximum atomic E-state index is 6.11. The molecule has 0 saturated carbocycles. The predicted molar refractivity (Wildman–Crippen MR) is 87.6 cm³/mol. The number of aromatic nitrogens is 2. The number of anilines is 2. The van der Waals surface area contributed by atoms with E-state index in [2.05, 4.69) is 33.5 Å². The molecule has 2 atom stereocenters. The van der Waals surface area contributed by atoms with Crippen LogP contribution in [0, 0.1) is 12.8 Å². The lowest BCUT2D eigenvalue weighted by Gasteiger charge is -2.38. The molecule has 0 amide bonds. The van der Waals surface area contributed by atoms with Crippen LogP contribution in [0.5, 0.6) is 0 Å². The van der Waals surface area contributed by atoms with Gasteiger partial charge in [0.05, 0.1) is 5.56 Å². The molecule has 0 spiro atoms. The van der Waals surface area contributed by atoms with E-state index in [-0.39, 0.29) is 0 Å². The van der Waals surface area contributed by atoms with Crippen LogP contribution in [0.15, 0.2) is 5.38 Å². The molecule has 20 heavy (non-hydrogen) atoms. The first-order valence-electron chi connectivity index (χ1n) is 7.02. The van der Waals surface area contributed by atoms with Crippen LogP contribution in [0.3, 0.4) is 0 Å². The van der Waals surface area contributed by atoms with Gasteiger partial charge in [-0.3, -0.25) is 0 Å². The van der Waals surface area contributed by atoms with Gasteiger partial charge in [-0.15, -0.1) is 11.3 Å². The van der Waals surface area contributed by atoms with Crippen LogP contribution < -0.4 is 10.6 Å². The topological polar surface area (TPSA) is 55.0 Å². The van der Waals surface area contributed by atoms with Crippen molar-refractivity contribution in [3.63, 3.8) is 0 Å². The van der Waals surface area contributed by atoms with E-state index in [0.717, 1.165) is 22.8 Å². The molecular weight excluding hydrogens is 288 g/mol. The summed E-state index contributed by atoms with van der Waals surface area (Å²) in [5.74, 6) is 1.32. The van der Waals surface area contributed by atoms with Crippen molar-refractivity contribution in [3.8, 4) is 10.6 Å². The Morgan fingerprint density at radius 2 is 2.20 bits per heavy atom. The number of hydrogen-bond donors (Lipinski definition) is 1. The molecule has 2 aromatic heterocycles. The maximum Gasteiger partial charge on any atom is 0.149 e. The summed E-state index contributed by atoms with van der Waals surface area (Å²) in [4.78, 5) is 7.06. The Balaban J connectivity index is 2.02. The third-order valence-electron chi connectivity index (χ3n) is 4.17. The first kappa shape index (κ1) is 13.8. The van der Waals surface area contributed by atoms with E-state index in [4.69, 9.17) is 5.73 Å². The van der Waals surface area contributed by atoms with Gasteiger partial charge in [-0.1, -0.05) is 6.92 Å². The fourth-order valence-corrected chi connectivity index (χ4v) is 4.63. The Kier molecular flexibility index (Phi) is 3.69. The van der Waals surface area contributed by atoms with E-state index >= 15 is 0 Å². The molecule has 6 heteroatoms. The molecule has 0 aromatic carbocycles. The minimum absolute atomic E-state index is 0.531. The Bertz CT molecular complexity index is 604. The lowest BCUT2D eigenvalue weighted by Crippen LogP contribution is -2.42. The standard InChI is InChI=1S/C14H20N4S2/c1-8-5-4-6-18(10(8)3)14-11(12(15)17-20-14)13-16-9(2)7-19-13/h7-8,10H,4-6H2,1-3H3,(H2,15,17). The van der Waals surface area contributed by atoms with Crippen LogP contribution in [-0.2, 0) is 0 Å². The highest BCUT2D eigenvalue weighted by atomic mass is 32.1. The summed E-state index contributed by atoms with van der Waals surface area (Å²) in [6, 6.07) is 0.531. The van der Waals surface area contributed by atoms with Gasteiger partial charge in [0.1, 0.15) is 15.8 Å². The lowest BCUT2D eigenvalue weighted by atomic mass is 9.92. The first-order chi connectivity index (χ1) is 9.58. The molecule has 2 unspecified atom stereocenters. The average Bonchev–Trinajstić information content (AvgIpc) is 2.99. The Morgan fingerprint density at radius 3 is 2.90 bits per heavy atom. The molecule has 3 rings (SSSR count). The Morgan fingerprint density at radius 1 is 1.40 bits per heavy atom. The third kappa shape index (κ3) is 2.31. The van der Waals surface area contributed by atoms with E-state index in [1.165, 1.54) is 29.4 Å². The summed E-state index contributed by atoms with van der Waals surface area (Å²) in [7, 11) is 0. The monoisotopic (exact) mass is 308 g/mol. The molecule has 0 radical (unpaired) electrons. The summed E-state index contributed by atoms with van der Waals surface area (Å²) in [6.45, 7) is 7.73. The van der Waals surface area contributed by atoms with Crippen LogP contribution >= 0.6 is 22.9 Å². The predicted octanol–water partition coefficient (Wildman–Crippen LogP) is 3.78. The molecule has 2 N–H and O–H groups in total. The molecule has 0 bridgehead atoms. The number of rotatable bonds is 2. The molecular formula is C14H20N4S2. The molecule has 0 aliphatic carbocycles. The van der Waals surface area contributed by atoms with Crippen LogP contribution in [0.4, 0.5) is 10.8 Å². The van der Waals surface area contributed by atoms with Gasteiger partial charge in [0.25, 0.3) is 0 Å². The summed E-state index contributed by atoms with van der Waals surface area (Å²) < 4.78 is 4.38. The number of nitrogen functional groups attached to an aromatic ring is 1. The number of piperidine rings is 1. The average molecular weight is 308 g/mol. The second-order valence-electron chi connectivity index (χ2n) is 5.60. The zero-order chi connectivity index (χ0) is 14.3. The van der Waals surface area contributed by atoms with Gasteiger partial charge in [-0.2, -0.15) is 4.37 Å². The van der Waals surface area contributed by atoms with Crippen molar-refractivity contribution in [2.75, 3.05) is 17.2 Å². The van der Waals surface area contributed by atoms with Crippen molar-refractivity contribution in [1.29, 1.82) is 0 Å². The van der Waals surface area contributed by atoms with Crippen LogP contribution in [0.25, 0.3) is 10.6 Å². The highest BCUT2D eigenvalue weighted by Gasteiger charge is 2.29. The summed E-state index contributed by atoms with van der Waals surface area (Å²) in [5.41, 5.74) is 8.19. The molecule has 1 saturated heterocycles. The largest absolute Gasteiger partial charge is 0.382 e. The number of aryl methyl sites for hydroxylation is 1. The Hall–Kier alpha value is -1.14. The maximum absolute atomic E-state index is 6.11. The zero-order valence-electron chi connectivity index (χ0n) is 12.1. The summed E-state index contributed by atoms with van der Waals surface area (Å²) >= 11 is 3.16. The quantitative estimate of drug-likeness (QED) is 0.917. The third-order valence-corrected chi connectivity index (χ3v) is 6.05. The van der Waals surface area contributed by atoms with Gasteiger partial charge < -0.3 is 10.6 Å². The van der Waals surface area contributed by atoms with Gasteiger partial charge in [0.2, 0.25) is 0 Å². The molecule has 3 heterocycles. The van der Waals surface area contributed by atoms with Crippen LogP contribution in [0.2, 0.25) is 0 Å². The van der Waals surface area contributed by atoms with E-state index in [1.54, 1.807) is 11.3 Å². The summed E-state index contributed by atoms with van der Waals surface area (Å²) in [6.07, 6.45) is 2.54. The van der Waals surface area contributed by atoms with Crippen molar-refractivity contribution in [2.45, 2.75) is 39.7 Å². The minimum Gasteiger partial charge on any atom is -0.382 e. The van der Waals surface area contributed by atoms with Crippen molar-refractivity contribution < 1.29 is 0 Å². The van der Waals surface area contributed by atoms with Gasteiger partial charge >= 0.3 is 0 Å². The van der Waals surface area contributed by atoms with Crippen molar-refractivity contribution in [3.05, 3.63) is 11.1 Å². The van der Waals surface area contributed by atoms with Crippen molar-refractivity contribution in [2.24, 2.45) is 5.92 Å². The molecule has 1 aliphatic rings.